The topological polar surface area (TPSA) is 61.2 Å². The summed E-state index contributed by atoms with van der Waals surface area (Å²) in [5.41, 5.74) is 5.04. The average molecular weight is 434 g/mol. The molecular weight excluding hydrogens is 415 g/mol. The zero-order chi connectivity index (χ0) is 21.6. The summed E-state index contributed by atoms with van der Waals surface area (Å²) in [6.07, 6.45) is 1.18. The molecule has 5 nitrogen and oxygen atoms in total. The molecule has 156 valence electrons. The summed E-state index contributed by atoms with van der Waals surface area (Å²) in [7, 11) is -3.30. The predicted octanol–water partition coefficient (Wildman–Crippen LogP) is 4.70. The van der Waals surface area contributed by atoms with E-state index in [2.05, 4.69) is 0 Å². The van der Waals surface area contributed by atoms with Gasteiger partial charge in [-0.3, -0.25) is 4.68 Å². The van der Waals surface area contributed by atoms with Crippen LogP contribution in [0.1, 0.15) is 11.3 Å². The lowest BCUT2D eigenvalue weighted by Crippen LogP contribution is -2.04. The first-order valence-electron chi connectivity index (χ1n) is 9.77. The Labute approximate surface area is 179 Å². The zero-order valence-corrected chi connectivity index (χ0v) is 17.6. The van der Waals surface area contributed by atoms with Crippen LogP contribution in [-0.4, -0.2) is 24.5 Å². The van der Waals surface area contributed by atoms with Gasteiger partial charge >= 0.3 is 0 Å². The van der Waals surface area contributed by atoms with E-state index in [4.69, 9.17) is 9.84 Å². The van der Waals surface area contributed by atoms with E-state index in [9.17, 15) is 12.8 Å². The standard InChI is InChI=1S/C24H19FN2O3S/c1-31(28,29)20-12-8-17(9-13-20)24-23(16-6-10-19(25)11-7-16)21-15-30-22-5-3-2-4-18(22)14-27(21)26-24/h2-13H,14-15H2,1H3. The van der Waals surface area contributed by atoms with E-state index in [-0.39, 0.29) is 10.7 Å². The molecule has 7 heteroatoms. The van der Waals surface area contributed by atoms with Crippen LogP contribution in [0.2, 0.25) is 0 Å². The van der Waals surface area contributed by atoms with Gasteiger partial charge in [0.05, 0.1) is 17.1 Å². The normalized spacial score (nSPS) is 13.1. The number of rotatable bonds is 3. The fourth-order valence-electron chi connectivity index (χ4n) is 3.84. The molecule has 3 aromatic carbocycles. The van der Waals surface area contributed by atoms with Crippen LogP contribution in [0.4, 0.5) is 4.39 Å². The third-order valence-corrected chi connectivity index (χ3v) is 6.53. The molecule has 0 unspecified atom stereocenters. The molecule has 5 rings (SSSR count). The number of hydrogen-bond donors (Lipinski definition) is 0. The van der Waals surface area contributed by atoms with Gasteiger partial charge in [-0.15, -0.1) is 0 Å². The number of aromatic nitrogens is 2. The van der Waals surface area contributed by atoms with E-state index in [0.717, 1.165) is 33.7 Å². The lowest BCUT2D eigenvalue weighted by molar-refractivity contribution is 0.302. The van der Waals surface area contributed by atoms with E-state index in [0.29, 0.717) is 18.8 Å². The molecule has 2 heterocycles. The number of sulfone groups is 1. The zero-order valence-electron chi connectivity index (χ0n) is 16.7. The second-order valence-corrected chi connectivity index (χ2v) is 9.54. The summed E-state index contributed by atoms with van der Waals surface area (Å²) < 4.78 is 45.2. The van der Waals surface area contributed by atoms with Gasteiger partial charge in [-0.1, -0.05) is 42.5 Å². The van der Waals surface area contributed by atoms with Crippen LogP contribution in [0.3, 0.4) is 0 Å². The number of nitrogens with zero attached hydrogens (tertiary/aromatic N) is 2. The van der Waals surface area contributed by atoms with Gasteiger partial charge in [0.2, 0.25) is 0 Å². The lowest BCUT2D eigenvalue weighted by atomic mass is 9.99. The van der Waals surface area contributed by atoms with E-state index in [1.165, 1.54) is 18.4 Å². The van der Waals surface area contributed by atoms with Crippen LogP contribution in [0.25, 0.3) is 22.4 Å². The van der Waals surface area contributed by atoms with E-state index < -0.39 is 9.84 Å². The summed E-state index contributed by atoms with van der Waals surface area (Å²) in [5, 5.41) is 4.86. The molecule has 0 bridgehead atoms. The quantitative estimate of drug-likeness (QED) is 0.469. The summed E-state index contributed by atoms with van der Waals surface area (Å²) in [4.78, 5) is 0.248. The summed E-state index contributed by atoms with van der Waals surface area (Å²) in [6, 6.07) is 20.8. The molecule has 0 saturated heterocycles. The van der Waals surface area contributed by atoms with Crippen LogP contribution in [-0.2, 0) is 23.0 Å². The molecule has 0 aliphatic carbocycles. The first-order valence-corrected chi connectivity index (χ1v) is 11.7. The Bertz CT molecular complexity index is 1380. The molecule has 4 aromatic rings. The maximum atomic E-state index is 13.6. The first-order chi connectivity index (χ1) is 14.9. The fourth-order valence-corrected chi connectivity index (χ4v) is 4.47. The molecule has 31 heavy (non-hydrogen) atoms. The van der Waals surface area contributed by atoms with E-state index in [1.807, 2.05) is 28.9 Å². The van der Waals surface area contributed by atoms with Crippen molar-refractivity contribution in [1.82, 2.24) is 9.78 Å². The maximum Gasteiger partial charge on any atom is 0.175 e. The Hall–Kier alpha value is -3.45. The molecular formula is C24H19FN2O3S. The molecule has 0 N–H and O–H groups in total. The van der Waals surface area contributed by atoms with Gasteiger partial charge in [-0.25, -0.2) is 12.8 Å². The van der Waals surface area contributed by atoms with Crippen molar-refractivity contribution in [2.75, 3.05) is 6.26 Å². The third-order valence-electron chi connectivity index (χ3n) is 5.40. The van der Waals surface area contributed by atoms with Crippen molar-refractivity contribution in [3.8, 4) is 28.1 Å². The summed E-state index contributed by atoms with van der Waals surface area (Å²) >= 11 is 0. The number of ether oxygens (including phenoxy) is 1. The van der Waals surface area contributed by atoms with Gasteiger partial charge in [0.25, 0.3) is 0 Å². The molecule has 0 amide bonds. The molecule has 0 saturated carbocycles. The number of halogens is 1. The van der Waals surface area contributed by atoms with Gasteiger partial charge in [-0.05, 0) is 35.9 Å². The van der Waals surface area contributed by atoms with Crippen molar-refractivity contribution in [3.63, 3.8) is 0 Å². The van der Waals surface area contributed by atoms with Crippen molar-refractivity contribution in [1.29, 1.82) is 0 Å². The van der Waals surface area contributed by atoms with E-state index >= 15 is 0 Å². The molecule has 1 aliphatic heterocycles. The smallest absolute Gasteiger partial charge is 0.175 e. The minimum atomic E-state index is -3.30. The second kappa shape index (κ2) is 7.35. The van der Waals surface area contributed by atoms with Crippen LogP contribution in [0.5, 0.6) is 5.75 Å². The highest BCUT2D eigenvalue weighted by Crippen LogP contribution is 2.38. The minimum Gasteiger partial charge on any atom is -0.487 e. The minimum absolute atomic E-state index is 0.248. The Morgan fingerprint density at radius 3 is 2.32 bits per heavy atom. The lowest BCUT2D eigenvalue weighted by Gasteiger charge is -2.09. The molecule has 0 radical (unpaired) electrons. The molecule has 0 spiro atoms. The highest BCUT2D eigenvalue weighted by molar-refractivity contribution is 7.90. The monoisotopic (exact) mass is 434 g/mol. The predicted molar refractivity (Wildman–Crippen MR) is 116 cm³/mol. The number of fused-ring (bicyclic) bond motifs is 2. The fraction of sp³-hybridized carbons (Fsp3) is 0.125. The van der Waals surface area contributed by atoms with Gasteiger partial charge in [-0.2, -0.15) is 5.10 Å². The van der Waals surface area contributed by atoms with Crippen molar-refractivity contribution >= 4 is 9.84 Å². The van der Waals surface area contributed by atoms with Gasteiger partial charge in [0, 0.05) is 22.9 Å². The Balaban J connectivity index is 1.69. The van der Waals surface area contributed by atoms with Crippen molar-refractivity contribution < 1.29 is 17.5 Å². The van der Waals surface area contributed by atoms with Crippen molar-refractivity contribution in [2.45, 2.75) is 18.0 Å². The molecule has 0 atom stereocenters. The second-order valence-electron chi connectivity index (χ2n) is 7.53. The Morgan fingerprint density at radius 2 is 1.61 bits per heavy atom. The highest BCUT2D eigenvalue weighted by Gasteiger charge is 2.24. The van der Waals surface area contributed by atoms with Gasteiger partial charge in [0.1, 0.15) is 23.9 Å². The number of hydrogen-bond acceptors (Lipinski definition) is 4. The van der Waals surface area contributed by atoms with Crippen LogP contribution in [0.15, 0.2) is 77.7 Å². The first kappa shape index (κ1) is 19.5. The Kier molecular flexibility index (Phi) is 4.63. The van der Waals surface area contributed by atoms with Crippen LogP contribution < -0.4 is 4.74 Å². The summed E-state index contributed by atoms with van der Waals surface area (Å²) in [5.74, 6) is 0.502. The van der Waals surface area contributed by atoms with Crippen molar-refractivity contribution in [3.05, 3.63) is 89.9 Å². The van der Waals surface area contributed by atoms with Crippen molar-refractivity contribution in [2.24, 2.45) is 0 Å². The third kappa shape index (κ3) is 3.61. The maximum absolute atomic E-state index is 13.6. The average Bonchev–Trinajstić information content (AvgIpc) is 3.01. The van der Waals surface area contributed by atoms with Crippen LogP contribution in [0, 0.1) is 5.82 Å². The summed E-state index contributed by atoms with van der Waals surface area (Å²) in [6.45, 7) is 0.860. The van der Waals surface area contributed by atoms with Gasteiger partial charge in [0.15, 0.2) is 9.84 Å². The molecule has 1 aromatic heterocycles. The SMILES string of the molecule is CS(=O)(=O)c1ccc(-c2nn3c(c2-c2ccc(F)cc2)COc2ccccc2C3)cc1. The molecule has 1 aliphatic rings. The van der Waals surface area contributed by atoms with E-state index in [1.54, 1.807) is 36.4 Å². The highest BCUT2D eigenvalue weighted by atomic mass is 32.2. The Morgan fingerprint density at radius 1 is 0.935 bits per heavy atom. The molecule has 0 fully saturated rings. The largest absolute Gasteiger partial charge is 0.487 e. The number of para-hydroxylation sites is 1. The van der Waals surface area contributed by atoms with Crippen LogP contribution >= 0.6 is 0 Å². The number of benzene rings is 3. The van der Waals surface area contributed by atoms with Gasteiger partial charge < -0.3 is 4.74 Å².